The number of nitrogens with two attached hydrogens (primary N) is 1. The maximum atomic E-state index is 14.0. The first-order chi connectivity index (χ1) is 15.9. The Bertz CT molecular complexity index is 1300. The number of para-hydroxylation sites is 1. The first kappa shape index (κ1) is 20.6. The molecule has 1 aromatic heterocycles. The van der Waals surface area contributed by atoms with Crippen LogP contribution in [0.2, 0.25) is 0 Å². The van der Waals surface area contributed by atoms with Crippen molar-refractivity contribution in [1.82, 2.24) is 0 Å². The van der Waals surface area contributed by atoms with Gasteiger partial charge in [-0.1, -0.05) is 18.2 Å². The molecule has 2 unspecified atom stereocenters. The second-order valence-electron chi connectivity index (χ2n) is 8.03. The van der Waals surface area contributed by atoms with Crippen LogP contribution < -0.4 is 10.6 Å². The predicted molar refractivity (Wildman–Crippen MR) is 113 cm³/mol. The van der Waals surface area contributed by atoms with Crippen LogP contribution in [0.15, 0.2) is 69.9 Å². The maximum Gasteiger partial charge on any atom is 0.325 e. The second kappa shape index (κ2) is 7.38. The number of esters is 1. The molecule has 1 amide bonds. The third-order valence-corrected chi connectivity index (χ3v) is 6.39. The van der Waals surface area contributed by atoms with Crippen molar-refractivity contribution in [3.05, 3.63) is 76.8 Å². The quantitative estimate of drug-likeness (QED) is 0.710. The van der Waals surface area contributed by atoms with E-state index in [1.165, 1.54) is 18.3 Å². The highest BCUT2D eigenvalue weighted by molar-refractivity contribution is 6.21. The van der Waals surface area contributed by atoms with E-state index in [0.29, 0.717) is 17.0 Å². The van der Waals surface area contributed by atoms with Crippen molar-refractivity contribution in [2.45, 2.75) is 24.2 Å². The van der Waals surface area contributed by atoms with Gasteiger partial charge in [0, 0.05) is 30.0 Å². The highest BCUT2D eigenvalue weighted by atomic mass is 16.5. The highest BCUT2D eigenvalue weighted by Gasteiger charge is 2.62. The van der Waals surface area contributed by atoms with E-state index in [9.17, 15) is 19.6 Å². The maximum absolute atomic E-state index is 14.0. The number of ether oxygens (including phenoxy) is 2. The lowest BCUT2D eigenvalue weighted by Crippen LogP contribution is -2.50. The smallest absolute Gasteiger partial charge is 0.325 e. The van der Waals surface area contributed by atoms with Crippen LogP contribution in [0.3, 0.4) is 0 Å². The van der Waals surface area contributed by atoms with Crippen LogP contribution >= 0.6 is 0 Å². The molecule has 0 bridgehead atoms. The summed E-state index contributed by atoms with van der Waals surface area (Å²) in [6.07, 6.45) is 1.86. The molecule has 9 nitrogen and oxygen atoms in total. The van der Waals surface area contributed by atoms with Crippen molar-refractivity contribution in [2.75, 3.05) is 18.6 Å². The molecule has 2 atom stereocenters. The fraction of sp³-hybridized carbons (Fsp3) is 0.250. The number of Topliss-reactive ketones (excluding diaryl/α,β-unsaturated/α-hetero) is 1. The van der Waals surface area contributed by atoms with E-state index < -0.39 is 17.3 Å². The zero-order valence-electron chi connectivity index (χ0n) is 17.7. The van der Waals surface area contributed by atoms with Crippen LogP contribution in [-0.4, -0.2) is 31.3 Å². The predicted octanol–water partition coefficient (Wildman–Crippen LogP) is 2.16. The van der Waals surface area contributed by atoms with Crippen LogP contribution in [0, 0.1) is 11.3 Å². The lowest BCUT2D eigenvalue weighted by atomic mass is 9.64. The van der Waals surface area contributed by atoms with Gasteiger partial charge < -0.3 is 19.6 Å². The minimum atomic E-state index is -1.79. The Morgan fingerprint density at radius 1 is 1.27 bits per heavy atom. The number of carbonyl (C=O) groups is 3. The molecule has 3 heterocycles. The fourth-order valence-corrected chi connectivity index (χ4v) is 5.03. The number of fused-ring (bicyclic) bond motifs is 3. The molecule has 0 saturated heterocycles. The molecule has 0 fully saturated rings. The van der Waals surface area contributed by atoms with Gasteiger partial charge in [0.2, 0.25) is 11.8 Å². The van der Waals surface area contributed by atoms with Crippen LogP contribution in [0.4, 0.5) is 5.69 Å². The summed E-state index contributed by atoms with van der Waals surface area (Å²) in [6.45, 7) is -0.376. The number of hydrogen-bond donors (Lipinski definition) is 1. The molecule has 2 aromatic rings. The summed E-state index contributed by atoms with van der Waals surface area (Å²) in [5.41, 5.74) is 5.09. The topological polar surface area (TPSA) is 136 Å². The molecule has 0 radical (unpaired) electrons. The van der Waals surface area contributed by atoms with Gasteiger partial charge >= 0.3 is 5.97 Å². The van der Waals surface area contributed by atoms with Gasteiger partial charge in [0.25, 0.3) is 0 Å². The monoisotopic (exact) mass is 445 g/mol. The van der Waals surface area contributed by atoms with E-state index in [1.807, 2.05) is 6.07 Å². The van der Waals surface area contributed by atoms with Crippen molar-refractivity contribution in [2.24, 2.45) is 5.73 Å². The number of nitrogens with zero attached hydrogens (tertiary/aromatic N) is 2. The Balaban J connectivity index is 1.74. The molecule has 9 heteroatoms. The van der Waals surface area contributed by atoms with E-state index in [4.69, 9.17) is 19.6 Å². The third kappa shape index (κ3) is 2.74. The van der Waals surface area contributed by atoms with Gasteiger partial charge in [-0.15, -0.1) is 0 Å². The lowest BCUT2D eigenvalue weighted by molar-refractivity contribution is -0.140. The van der Waals surface area contributed by atoms with Gasteiger partial charge in [0.1, 0.15) is 35.1 Å². The van der Waals surface area contributed by atoms with E-state index in [0.717, 1.165) is 0 Å². The molecule has 3 aliphatic rings. The Morgan fingerprint density at radius 3 is 2.76 bits per heavy atom. The SMILES string of the molecule is COC(=O)CN1C(=O)C2(C(C#N)=C(N)OC3=C2C(=O)CC(c2ccco2)C3)c2ccccc21. The first-order valence-electron chi connectivity index (χ1n) is 10.3. The van der Waals surface area contributed by atoms with Crippen molar-refractivity contribution in [1.29, 1.82) is 5.26 Å². The molecule has 0 saturated carbocycles. The number of anilines is 1. The number of hydrogen-bond acceptors (Lipinski definition) is 8. The number of nitriles is 1. The summed E-state index contributed by atoms with van der Waals surface area (Å²) < 4.78 is 16.0. The third-order valence-electron chi connectivity index (χ3n) is 6.39. The van der Waals surface area contributed by atoms with Crippen LogP contribution in [-0.2, 0) is 29.3 Å². The molecule has 1 aliphatic carbocycles. The van der Waals surface area contributed by atoms with Gasteiger partial charge in [0.05, 0.1) is 18.9 Å². The number of amides is 1. The van der Waals surface area contributed by atoms with Gasteiger partial charge in [-0.2, -0.15) is 5.26 Å². The Kier molecular flexibility index (Phi) is 4.60. The summed E-state index contributed by atoms with van der Waals surface area (Å²) in [5, 5.41) is 10.0. The van der Waals surface area contributed by atoms with E-state index in [-0.39, 0.29) is 53.9 Å². The number of furan rings is 1. The first-order valence-corrected chi connectivity index (χ1v) is 10.3. The number of methoxy groups -OCH3 is 1. The molecule has 1 spiro atoms. The molecular formula is C24H19N3O6. The van der Waals surface area contributed by atoms with Crippen LogP contribution in [0.5, 0.6) is 0 Å². The largest absolute Gasteiger partial charge is 0.469 e. The van der Waals surface area contributed by atoms with Gasteiger partial charge in [-0.3, -0.25) is 19.3 Å². The molecule has 1 aromatic carbocycles. The molecule has 2 N–H and O–H groups in total. The van der Waals surface area contributed by atoms with Crippen LogP contribution in [0.25, 0.3) is 0 Å². The molecule has 5 rings (SSSR count). The number of allylic oxidation sites excluding steroid dienone is 1. The van der Waals surface area contributed by atoms with E-state index in [2.05, 4.69) is 0 Å². The standard InChI is InChI=1S/C24H19N3O6/c1-31-20(29)12-27-16-6-3-2-5-14(16)24(23(27)30)15(11-25)22(26)33-19-10-13(9-17(28)21(19)24)18-7-4-8-32-18/h2-8,13H,9-10,12,26H2,1H3. The van der Waals surface area contributed by atoms with Crippen molar-refractivity contribution >= 4 is 23.3 Å². The molecule has 2 aliphatic heterocycles. The number of benzene rings is 1. The zero-order chi connectivity index (χ0) is 23.3. The second-order valence-corrected chi connectivity index (χ2v) is 8.03. The highest BCUT2D eigenvalue weighted by Crippen LogP contribution is 2.56. The summed E-state index contributed by atoms with van der Waals surface area (Å²) in [6, 6.07) is 12.2. The van der Waals surface area contributed by atoms with Crippen molar-refractivity contribution in [3.63, 3.8) is 0 Å². The molecule has 33 heavy (non-hydrogen) atoms. The summed E-state index contributed by atoms with van der Waals surface area (Å²) in [5.74, 6) is -1.29. The summed E-state index contributed by atoms with van der Waals surface area (Å²) >= 11 is 0. The van der Waals surface area contributed by atoms with E-state index >= 15 is 0 Å². The molecule has 166 valence electrons. The summed E-state index contributed by atoms with van der Waals surface area (Å²) in [4.78, 5) is 41.0. The Hall–Kier alpha value is -4.32. The van der Waals surface area contributed by atoms with Gasteiger partial charge in [-0.05, 0) is 18.2 Å². The number of carbonyl (C=O) groups excluding carboxylic acids is 3. The Labute approximate surface area is 188 Å². The Morgan fingerprint density at radius 2 is 2.06 bits per heavy atom. The zero-order valence-corrected chi connectivity index (χ0v) is 17.7. The van der Waals surface area contributed by atoms with Crippen molar-refractivity contribution in [3.8, 4) is 6.07 Å². The van der Waals surface area contributed by atoms with Crippen molar-refractivity contribution < 1.29 is 28.3 Å². The average Bonchev–Trinajstić information content (AvgIpc) is 3.42. The van der Waals surface area contributed by atoms with E-state index in [1.54, 1.807) is 36.4 Å². The molecular weight excluding hydrogens is 426 g/mol. The number of rotatable bonds is 3. The van der Waals surface area contributed by atoms with Gasteiger partial charge in [-0.25, -0.2) is 0 Å². The fourth-order valence-electron chi connectivity index (χ4n) is 5.03. The minimum absolute atomic E-state index is 0.0719. The normalized spacial score (nSPS) is 23.9. The van der Waals surface area contributed by atoms with Crippen LogP contribution in [0.1, 0.15) is 30.1 Å². The lowest BCUT2D eigenvalue weighted by Gasteiger charge is -2.39. The average molecular weight is 445 g/mol. The van der Waals surface area contributed by atoms with Gasteiger partial charge in [0.15, 0.2) is 5.78 Å². The number of ketones is 1. The summed E-state index contributed by atoms with van der Waals surface area (Å²) in [7, 11) is 1.22. The minimum Gasteiger partial charge on any atom is -0.469 e.